The summed E-state index contributed by atoms with van der Waals surface area (Å²) in [5, 5.41) is 9.25. The molecular weight excluding hydrogens is 322 g/mol. The van der Waals surface area contributed by atoms with E-state index in [0.29, 0.717) is 19.3 Å². The van der Waals surface area contributed by atoms with Gasteiger partial charge in [0, 0.05) is 12.6 Å². The maximum absolute atomic E-state index is 12.6. The van der Waals surface area contributed by atoms with Crippen molar-refractivity contribution in [2.75, 3.05) is 6.61 Å². The van der Waals surface area contributed by atoms with Crippen molar-refractivity contribution in [2.45, 2.75) is 64.3 Å². The van der Waals surface area contributed by atoms with Gasteiger partial charge in [0.15, 0.2) is 0 Å². The molecule has 25 heavy (non-hydrogen) atoms. The second-order valence-corrected chi connectivity index (χ2v) is 7.24. The highest BCUT2D eigenvalue weighted by Crippen LogP contribution is 2.29. The van der Waals surface area contributed by atoms with Gasteiger partial charge in [-0.3, -0.25) is 4.90 Å². The number of nitrogens with zero attached hydrogens (tertiary/aromatic N) is 1. The van der Waals surface area contributed by atoms with E-state index < -0.39 is 23.7 Å². The number of aliphatic hydroxyl groups is 1. The van der Waals surface area contributed by atoms with E-state index in [0.717, 1.165) is 5.56 Å². The molecule has 2 rings (SSSR count). The average Bonchev–Trinajstić information content (AvgIpc) is 2.96. The number of ether oxygens (including phenoxy) is 2. The highest BCUT2D eigenvalue weighted by molar-refractivity contribution is 5.82. The van der Waals surface area contributed by atoms with Crippen LogP contribution in [0, 0.1) is 0 Å². The molecule has 6 nitrogen and oxygen atoms in total. The Balaban J connectivity index is 2.06. The molecule has 138 valence electrons. The fraction of sp³-hybridized carbons (Fsp3) is 0.579. The third-order valence-corrected chi connectivity index (χ3v) is 4.06. The number of amides is 1. The lowest BCUT2D eigenvalue weighted by Gasteiger charge is -2.30. The van der Waals surface area contributed by atoms with Crippen LogP contribution in [0.25, 0.3) is 0 Å². The molecule has 1 saturated heterocycles. The Hall–Kier alpha value is -2.08. The van der Waals surface area contributed by atoms with E-state index in [4.69, 9.17) is 9.47 Å². The molecular formula is C19H27NO5. The maximum Gasteiger partial charge on any atom is 0.411 e. The number of hydrogen-bond acceptors (Lipinski definition) is 5. The van der Waals surface area contributed by atoms with Crippen molar-refractivity contribution in [3.63, 3.8) is 0 Å². The summed E-state index contributed by atoms with van der Waals surface area (Å²) in [5.41, 5.74) is 0.258. The van der Waals surface area contributed by atoms with Gasteiger partial charge in [-0.1, -0.05) is 30.3 Å². The number of carbonyl (C=O) groups excluding carboxylic acids is 2. The van der Waals surface area contributed by atoms with Gasteiger partial charge in [-0.15, -0.1) is 0 Å². The molecule has 0 aromatic heterocycles. The normalized spacial score (nSPS) is 20.4. The summed E-state index contributed by atoms with van der Waals surface area (Å²) in [7, 11) is 0. The topological polar surface area (TPSA) is 76.1 Å². The van der Waals surface area contributed by atoms with Crippen LogP contribution < -0.4 is 0 Å². The van der Waals surface area contributed by atoms with Gasteiger partial charge < -0.3 is 14.6 Å². The van der Waals surface area contributed by atoms with E-state index in [1.165, 1.54) is 4.90 Å². The smallest absolute Gasteiger partial charge is 0.411 e. The van der Waals surface area contributed by atoms with Crippen molar-refractivity contribution < 1.29 is 24.2 Å². The summed E-state index contributed by atoms with van der Waals surface area (Å²) in [5.74, 6) is -0.426. The Morgan fingerprint density at radius 2 is 1.88 bits per heavy atom. The fourth-order valence-corrected chi connectivity index (χ4v) is 2.99. The van der Waals surface area contributed by atoms with Crippen LogP contribution >= 0.6 is 0 Å². The largest absolute Gasteiger partial charge is 0.458 e. The van der Waals surface area contributed by atoms with Crippen LogP contribution in [0.3, 0.4) is 0 Å². The first-order valence-corrected chi connectivity index (χ1v) is 8.64. The zero-order chi connectivity index (χ0) is 18.4. The first-order valence-electron chi connectivity index (χ1n) is 8.64. The summed E-state index contributed by atoms with van der Waals surface area (Å²) < 4.78 is 10.8. The number of rotatable bonds is 5. The molecule has 1 aromatic rings. The van der Waals surface area contributed by atoms with Crippen LogP contribution in [0.4, 0.5) is 4.79 Å². The van der Waals surface area contributed by atoms with Crippen molar-refractivity contribution in [2.24, 2.45) is 0 Å². The van der Waals surface area contributed by atoms with Crippen LogP contribution in [0.2, 0.25) is 0 Å². The molecule has 1 fully saturated rings. The van der Waals surface area contributed by atoms with E-state index >= 15 is 0 Å². The third-order valence-electron chi connectivity index (χ3n) is 4.06. The van der Waals surface area contributed by atoms with Gasteiger partial charge in [-0.25, -0.2) is 9.59 Å². The molecule has 0 radical (unpaired) electrons. The molecule has 0 saturated carbocycles. The minimum absolute atomic E-state index is 0.0475. The lowest BCUT2D eigenvalue weighted by Crippen LogP contribution is -2.47. The Morgan fingerprint density at radius 3 is 2.48 bits per heavy atom. The first kappa shape index (κ1) is 19.2. The molecule has 1 aliphatic heterocycles. The lowest BCUT2D eigenvalue weighted by atomic mass is 10.1. The summed E-state index contributed by atoms with van der Waals surface area (Å²) in [6.07, 6.45) is 1.03. The zero-order valence-corrected chi connectivity index (χ0v) is 15.1. The molecule has 1 aliphatic rings. The number of carbonyl (C=O) groups is 2. The van der Waals surface area contributed by atoms with E-state index in [1.807, 2.05) is 30.3 Å². The van der Waals surface area contributed by atoms with E-state index in [9.17, 15) is 14.7 Å². The van der Waals surface area contributed by atoms with Gasteiger partial charge in [-0.05, 0) is 45.6 Å². The minimum atomic E-state index is -0.668. The molecule has 0 aliphatic carbocycles. The predicted octanol–water partition coefficient (Wildman–Crippen LogP) is 2.88. The minimum Gasteiger partial charge on any atom is -0.458 e. The molecule has 1 amide bonds. The van der Waals surface area contributed by atoms with Crippen molar-refractivity contribution in [1.82, 2.24) is 4.90 Å². The molecule has 1 aromatic carbocycles. The summed E-state index contributed by atoms with van der Waals surface area (Å²) >= 11 is 0. The van der Waals surface area contributed by atoms with E-state index in [1.54, 1.807) is 20.8 Å². The van der Waals surface area contributed by atoms with Crippen LogP contribution in [0.1, 0.15) is 45.6 Å². The SMILES string of the molecule is CC(C)(C)OC(=O)[C@@H]1CC[C@H](CCO)N1C(=O)OCc1ccccc1. The molecule has 0 unspecified atom stereocenters. The lowest BCUT2D eigenvalue weighted by molar-refractivity contribution is -0.160. The standard InChI is InChI=1S/C19H27NO5/c1-19(2,3)25-17(22)16-10-9-15(11-12-21)20(16)18(23)24-13-14-7-5-4-6-8-14/h4-8,15-16,21H,9-13H2,1-3H3/t15-,16+/m1/s1. The Labute approximate surface area is 148 Å². The average molecular weight is 349 g/mol. The summed E-state index contributed by atoms with van der Waals surface area (Å²) in [6.45, 7) is 5.48. The van der Waals surface area contributed by atoms with Crippen LogP contribution in [-0.2, 0) is 20.9 Å². The zero-order valence-electron chi connectivity index (χ0n) is 15.1. The van der Waals surface area contributed by atoms with Crippen molar-refractivity contribution in [3.05, 3.63) is 35.9 Å². The Bertz CT molecular complexity index is 581. The van der Waals surface area contributed by atoms with Crippen molar-refractivity contribution >= 4 is 12.1 Å². The summed E-state index contributed by atoms with van der Waals surface area (Å²) in [4.78, 5) is 26.5. The van der Waals surface area contributed by atoms with Gasteiger partial charge in [-0.2, -0.15) is 0 Å². The first-order chi connectivity index (χ1) is 11.8. The Morgan fingerprint density at radius 1 is 1.20 bits per heavy atom. The monoisotopic (exact) mass is 349 g/mol. The fourth-order valence-electron chi connectivity index (χ4n) is 2.99. The van der Waals surface area contributed by atoms with Gasteiger partial charge in [0.2, 0.25) is 0 Å². The Kier molecular flexibility index (Phi) is 6.42. The number of benzene rings is 1. The van der Waals surface area contributed by atoms with Crippen molar-refractivity contribution in [1.29, 1.82) is 0 Å². The molecule has 6 heteroatoms. The van der Waals surface area contributed by atoms with E-state index in [2.05, 4.69) is 0 Å². The molecule has 1 N–H and O–H groups in total. The van der Waals surface area contributed by atoms with Crippen LogP contribution in [-0.4, -0.2) is 46.4 Å². The molecule has 2 atom stereocenters. The third kappa shape index (κ3) is 5.46. The number of likely N-dealkylation sites (tertiary alicyclic amines) is 1. The maximum atomic E-state index is 12.6. The second-order valence-electron chi connectivity index (χ2n) is 7.24. The van der Waals surface area contributed by atoms with Crippen LogP contribution in [0.15, 0.2) is 30.3 Å². The van der Waals surface area contributed by atoms with Gasteiger partial charge in [0.1, 0.15) is 18.2 Å². The van der Waals surface area contributed by atoms with Gasteiger partial charge >= 0.3 is 12.1 Å². The highest BCUT2D eigenvalue weighted by Gasteiger charge is 2.43. The number of esters is 1. The highest BCUT2D eigenvalue weighted by atomic mass is 16.6. The number of hydrogen-bond donors (Lipinski definition) is 1. The number of aliphatic hydroxyl groups excluding tert-OH is 1. The van der Waals surface area contributed by atoms with Gasteiger partial charge in [0.05, 0.1) is 0 Å². The molecule has 1 heterocycles. The molecule has 0 spiro atoms. The van der Waals surface area contributed by atoms with Crippen LogP contribution in [0.5, 0.6) is 0 Å². The van der Waals surface area contributed by atoms with Crippen molar-refractivity contribution in [3.8, 4) is 0 Å². The molecule has 0 bridgehead atoms. The van der Waals surface area contributed by atoms with E-state index in [-0.39, 0.29) is 19.3 Å². The second kappa shape index (κ2) is 8.34. The quantitative estimate of drug-likeness (QED) is 0.827. The van der Waals surface area contributed by atoms with Gasteiger partial charge in [0.25, 0.3) is 0 Å². The predicted molar refractivity (Wildman–Crippen MR) is 92.8 cm³/mol. The summed E-state index contributed by atoms with van der Waals surface area (Å²) in [6, 6.07) is 8.49.